The lowest BCUT2D eigenvalue weighted by Crippen LogP contribution is -2.43. The molecule has 0 bridgehead atoms. The van der Waals surface area contributed by atoms with Crippen LogP contribution in [0.3, 0.4) is 0 Å². The predicted molar refractivity (Wildman–Crippen MR) is 84.5 cm³/mol. The molecule has 1 aromatic rings. The van der Waals surface area contributed by atoms with Crippen LogP contribution in [0.25, 0.3) is 0 Å². The van der Waals surface area contributed by atoms with E-state index < -0.39 is 0 Å². The fourth-order valence-electron chi connectivity index (χ4n) is 2.49. The van der Waals surface area contributed by atoms with Gasteiger partial charge < -0.3 is 11.1 Å². The van der Waals surface area contributed by atoms with Crippen LogP contribution in [0.5, 0.6) is 0 Å². The minimum atomic E-state index is -0.105. The molecular formula is C17H28N2O. The monoisotopic (exact) mass is 276 g/mol. The largest absolute Gasteiger partial charge is 0.352 e. The SMILES string of the molecule is CCCCC(CN)NC(=O)C(c1ccccc1)C(C)C. The molecule has 3 heteroatoms. The van der Waals surface area contributed by atoms with Crippen molar-refractivity contribution in [2.24, 2.45) is 11.7 Å². The normalized spacial score (nSPS) is 14.1. The van der Waals surface area contributed by atoms with Crippen LogP contribution in [0.15, 0.2) is 30.3 Å². The summed E-state index contributed by atoms with van der Waals surface area (Å²) in [6.45, 7) is 6.82. The number of nitrogens with two attached hydrogens (primary N) is 1. The molecule has 1 amide bonds. The van der Waals surface area contributed by atoms with Crippen LogP contribution in [0.1, 0.15) is 51.5 Å². The van der Waals surface area contributed by atoms with E-state index in [1.165, 1.54) is 0 Å². The summed E-state index contributed by atoms with van der Waals surface area (Å²) in [5, 5.41) is 3.12. The van der Waals surface area contributed by atoms with E-state index in [1.54, 1.807) is 0 Å². The van der Waals surface area contributed by atoms with Crippen LogP contribution in [-0.2, 0) is 4.79 Å². The highest BCUT2D eigenvalue weighted by atomic mass is 16.2. The summed E-state index contributed by atoms with van der Waals surface area (Å²) in [5.41, 5.74) is 6.84. The molecule has 0 aliphatic heterocycles. The maximum absolute atomic E-state index is 12.6. The Morgan fingerprint density at radius 1 is 1.25 bits per heavy atom. The fraction of sp³-hybridized carbons (Fsp3) is 0.588. The van der Waals surface area contributed by atoms with Gasteiger partial charge in [0.05, 0.1) is 5.92 Å². The maximum Gasteiger partial charge on any atom is 0.228 e. The number of nitrogens with one attached hydrogen (secondary N) is 1. The molecule has 0 aromatic heterocycles. The van der Waals surface area contributed by atoms with Gasteiger partial charge in [-0.1, -0.05) is 63.9 Å². The molecule has 2 unspecified atom stereocenters. The molecule has 3 N–H and O–H groups in total. The summed E-state index contributed by atoms with van der Waals surface area (Å²) in [6, 6.07) is 10.1. The molecule has 0 aliphatic rings. The quantitative estimate of drug-likeness (QED) is 0.766. The van der Waals surface area contributed by atoms with Gasteiger partial charge in [-0.2, -0.15) is 0 Å². The van der Waals surface area contributed by atoms with E-state index in [-0.39, 0.29) is 23.8 Å². The summed E-state index contributed by atoms with van der Waals surface area (Å²) in [7, 11) is 0. The first-order valence-corrected chi connectivity index (χ1v) is 7.65. The van der Waals surface area contributed by atoms with Crippen LogP contribution < -0.4 is 11.1 Å². The molecule has 2 atom stereocenters. The number of rotatable bonds is 8. The fourth-order valence-corrected chi connectivity index (χ4v) is 2.49. The van der Waals surface area contributed by atoms with Crippen molar-refractivity contribution in [3.05, 3.63) is 35.9 Å². The highest BCUT2D eigenvalue weighted by Crippen LogP contribution is 2.24. The van der Waals surface area contributed by atoms with E-state index in [4.69, 9.17) is 5.73 Å². The first-order chi connectivity index (χ1) is 9.60. The minimum Gasteiger partial charge on any atom is -0.352 e. The van der Waals surface area contributed by atoms with E-state index in [9.17, 15) is 4.79 Å². The molecule has 0 radical (unpaired) electrons. The second kappa shape index (κ2) is 8.75. The van der Waals surface area contributed by atoms with E-state index in [0.29, 0.717) is 6.54 Å². The van der Waals surface area contributed by atoms with Crippen LogP contribution >= 0.6 is 0 Å². The number of hydrogen-bond donors (Lipinski definition) is 2. The van der Waals surface area contributed by atoms with E-state index in [2.05, 4.69) is 26.1 Å². The average Bonchev–Trinajstić information content (AvgIpc) is 2.44. The van der Waals surface area contributed by atoms with E-state index in [1.807, 2.05) is 30.3 Å². The first kappa shape index (κ1) is 16.7. The summed E-state index contributed by atoms with van der Waals surface area (Å²) in [5.74, 6) is 0.256. The second-order valence-corrected chi connectivity index (χ2v) is 5.72. The zero-order valence-electron chi connectivity index (χ0n) is 12.9. The summed E-state index contributed by atoms with van der Waals surface area (Å²) >= 11 is 0. The molecule has 3 nitrogen and oxygen atoms in total. The zero-order chi connectivity index (χ0) is 15.0. The van der Waals surface area contributed by atoms with Gasteiger partial charge in [0.2, 0.25) is 5.91 Å². The Bertz CT molecular complexity index is 389. The molecule has 112 valence electrons. The third-order valence-electron chi connectivity index (χ3n) is 3.64. The van der Waals surface area contributed by atoms with Crippen molar-refractivity contribution < 1.29 is 4.79 Å². The van der Waals surface area contributed by atoms with Crippen molar-refractivity contribution in [3.63, 3.8) is 0 Å². The highest BCUT2D eigenvalue weighted by molar-refractivity contribution is 5.84. The molecule has 0 fully saturated rings. The third kappa shape index (κ3) is 4.97. The van der Waals surface area contributed by atoms with Gasteiger partial charge in [-0.25, -0.2) is 0 Å². The molecule has 20 heavy (non-hydrogen) atoms. The Morgan fingerprint density at radius 2 is 1.90 bits per heavy atom. The smallest absolute Gasteiger partial charge is 0.228 e. The number of carbonyl (C=O) groups excluding carboxylic acids is 1. The Hall–Kier alpha value is -1.35. The average molecular weight is 276 g/mol. The van der Waals surface area contributed by atoms with Gasteiger partial charge in [-0.3, -0.25) is 4.79 Å². The Kier molecular flexibility index (Phi) is 7.31. The van der Waals surface area contributed by atoms with Gasteiger partial charge in [0.25, 0.3) is 0 Å². The summed E-state index contributed by atoms with van der Waals surface area (Å²) in [4.78, 5) is 12.6. The molecule has 1 rings (SSSR count). The van der Waals surface area contributed by atoms with Crippen LogP contribution in [-0.4, -0.2) is 18.5 Å². The standard InChI is InChI=1S/C17H28N2O/c1-4-5-11-15(12-18)19-17(20)16(13(2)3)14-9-7-6-8-10-14/h6-10,13,15-16H,4-5,11-12,18H2,1-3H3,(H,19,20). The Morgan fingerprint density at radius 3 is 2.40 bits per heavy atom. The lowest BCUT2D eigenvalue weighted by atomic mass is 9.87. The van der Waals surface area contributed by atoms with Crippen molar-refractivity contribution >= 4 is 5.91 Å². The maximum atomic E-state index is 12.6. The topological polar surface area (TPSA) is 55.1 Å². The van der Waals surface area contributed by atoms with Gasteiger partial charge >= 0.3 is 0 Å². The van der Waals surface area contributed by atoms with Gasteiger partial charge in [-0.05, 0) is 17.9 Å². The molecule has 0 saturated heterocycles. The highest BCUT2D eigenvalue weighted by Gasteiger charge is 2.25. The van der Waals surface area contributed by atoms with Gasteiger partial charge in [0, 0.05) is 12.6 Å². The van der Waals surface area contributed by atoms with Gasteiger partial charge in [0.1, 0.15) is 0 Å². The van der Waals surface area contributed by atoms with Crippen LogP contribution in [0.2, 0.25) is 0 Å². The van der Waals surface area contributed by atoms with E-state index in [0.717, 1.165) is 24.8 Å². The number of benzene rings is 1. The molecule has 0 saturated carbocycles. The molecule has 0 aliphatic carbocycles. The number of unbranched alkanes of at least 4 members (excludes halogenated alkanes) is 1. The minimum absolute atomic E-state index is 0.0902. The number of carbonyl (C=O) groups is 1. The third-order valence-corrected chi connectivity index (χ3v) is 3.64. The molecule has 0 spiro atoms. The molecule has 0 heterocycles. The molecular weight excluding hydrogens is 248 g/mol. The van der Waals surface area contributed by atoms with Crippen molar-refractivity contribution in [1.29, 1.82) is 0 Å². The zero-order valence-corrected chi connectivity index (χ0v) is 12.9. The predicted octanol–water partition coefficient (Wildman–Crippen LogP) is 3.06. The lowest BCUT2D eigenvalue weighted by molar-refractivity contribution is -0.124. The van der Waals surface area contributed by atoms with Gasteiger partial charge in [0.15, 0.2) is 0 Å². The van der Waals surface area contributed by atoms with Gasteiger partial charge in [-0.15, -0.1) is 0 Å². The van der Waals surface area contributed by atoms with E-state index >= 15 is 0 Å². The first-order valence-electron chi connectivity index (χ1n) is 7.65. The number of amides is 1. The summed E-state index contributed by atoms with van der Waals surface area (Å²) < 4.78 is 0. The van der Waals surface area contributed by atoms with Crippen molar-refractivity contribution in [2.75, 3.05) is 6.54 Å². The van der Waals surface area contributed by atoms with Crippen molar-refractivity contribution in [3.8, 4) is 0 Å². The Labute approximate surface area is 122 Å². The summed E-state index contributed by atoms with van der Waals surface area (Å²) in [6.07, 6.45) is 3.18. The van der Waals surface area contributed by atoms with Crippen LogP contribution in [0.4, 0.5) is 0 Å². The Balaban J connectivity index is 2.74. The number of hydrogen-bond acceptors (Lipinski definition) is 2. The lowest BCUT2D eigenvalue weighted by Gasteiger charge is -2.24. The van der Waals surface area contributed by atoms with Crippen LogP contribution in [0, 0.1) is 5.92 Å². The second-order valence-electron chi connectivity index (χ2n) is 5.72. The van der Waals surface area contributed by atoms with Crippen molar-refractivity contribution in [2.45, 2.75) is 52.0 Å². The van der Waals surface area contributed by atoms with Crippen molar-refractivity contribution in [1.82, 2.24) is 5.32 Å². The molecule has 1 aromatic carbocycles.